The van der Waals surface area contributed by atoms with E-state index in [4.69, 9.17) is 5.73 Å². The van der Waals surface area contributed by atoms with E-state index in [1.54, 1.807) is 0 Å². The highest BCUT2D eigenvalue weighted by Crippen LogP contribution is 2.14. The second-order valence-corrected chi connectivity index (χ2v) is 5.12. The van der Waals surface area contributed by atoms with E-state index in [1.165, 1.54) is 11.1 Å². The van der Waals surface area contributed by atoms with Gasteiger partial charge in [0, 0.05) is 5.54 Å². The minimum absolute atomic E-state index is 0.0496. The van der Waals surface area contributed by atoms with Crippen molar-refractivity contribution in [3.8, 4) is 0 Å². The van der Waals surface area contributed by atoms with Crippen LogP contribution >= 0.6 is 0 Å². The Morgan fingerprint density at radius 2 is 1.88 bits per heavy atom. The standard InChI is InChI=1S/C14H22N2O/c1-11-4-6-12(7-5-11)8-9-14(2,3)16-13(17)10-15/h4-7H,8-10,15H2,1-3H3,(H,16,17). The van der Waals surface area contributed by atoms with Gasteiger partial charge >= 0.3 is 0 Å². The Bertz CT molecular complexity index is 368. The molecule has 0 heterocycles. The molecule has 0 aromatic heterocycles. The van der Waals surface area contributed by atoms with E-state index in [2.05, 4.69) is 36.5 Å². The number of carbonyl (C=O) groups excluding carboxylic acids is 1. The summed E-state index contributed by atoms with van der Waals surface area (Å²) in [6, 6.07) is 8.49. The fourth-order valence-electron chi connectivity index (χ4n) is 1.70. The minimum Gasteiger partial charge on any atom is -0.350 e. The first-order chi connectivity index (χ1) is 7.93. The van der Waals surface area contributed by atoms with Gasteiger partial charge in [0.05, 0.1) is 6.54 Å². The average Bonchev–Trinajstić information content (AvgIpc) is 2.28. The van der Waals surface area contributed by atoms with E-state index >= 15 is 0 Å². The number of benzene rings is 1. The van der Waals surface area contributed by atoms with Crippen LogP contribution in [0.1, 0.15) is 31.4 Å². The lowest BCUT2D eigenvalue weighted by Crippen LogP contribution is -2.46. The van der Waals surface area contributed by atoms with Crippen LogP contribution in [0.15, 0.2) is 24.3 Å². The Hall–Kier alpha value is -1.35. The Morgan fingerprint density at radius 3 is 2.41 bits per heavy atom. The maximum Gasteiger partial charge on any atom is 0.234 e. The summed E-state index contributed by atoms with van der Waals surface area (Å²) in [6.07, 6.45) is 1.86. The number of rotatable bonds is 5. The number of amides is 1. The molecule has 0 spiro atoms. The van der Waals surface area contributed by atoms with Gasteiger partial charge in [-0.1, -0.05) is 29.8 Å². The molecule has 0 unspecified atom stereocenters. The van der Waals surface area contributed by atoms with Gasteiger partial charge in [-0.15, -0.1) is 0 Å². The zero-order valence-electron chi connectivity index (χ0n) is 10.9. The van der Waals surface area contributed by atoms with Crippen LogP contribution < -0.4 is 11.1 Å². The molecule has 1 amide bonds. The van der Waals surface area contributed by atoms with Gasteiger partial charge in [-0.05, 0) is 39.2 Å². The second kappa shape index (κ2) is 5.82. The highest BCUT2D eigenvalue weighted by Gasteiger charge is 2.19. The predicted molar refractivity (Wildman–Crippen MR) is 70.8 cm³/mol. The molecule has 1 aromatic carbocycles. The van der Waals surface area contributed by atoms with Crippen LogP contribution in [0.4, 0.5) is 0 Å². The summed E-state index contributed by atoms with van der Waals surface area (Å²) >= 11 is 0. The SMILES string of the molecule is Cc1ccc(CCC(C)(C)NC(=O)CN)cc1. The van der Waals surface area contributed by atoms with Crippen LogP contribution in [0, 0.1) is 6.92 Å². The molecule has 0 fully saturated rings. The van der Waals surface area contributed by atoms with Crippen LogP contribution in [0.5, 0.6) is 0 Å². The van der Waals surface area contributed by atoms with Crippen molar-refractivity contribution in [1.82, 2.24) is 5.32 Å². The molecule has 0 radical (unpaired) electrons. The van der Waals surface area contributed by atoms with Gasteiger partial charge in [-0.3, -0.25) is 4.79 Å². The quantitative estimate of drug-likeness (QED) is 0.816. The number of hydrogen-bond acceptors (Lipinski definition) is 2. The molecule has 3 nitrogen and oxygen atoms in total. The smallest absolute Gasteiger partial charge is 0.234 e. The Kier molecular flexibility index (Phi) is 4.70. The molecule has 1 rings (SSSR count). The summed E-state index contributed by atoms with van der Waals surface area (Å²) in [4.78, 5) is 11.2. The lowest BCUT2D eigenvalue weighted by atomic mass is 9.95. The van der Waals surface area contributed by atoms with Crippen molar-refractivity contribution in [2.24, 2.45) is 5.73 Å². The number of nitrogens with one attached hydrogen (secondary N) is 1. The van der Waals surface area contributed by atoms with Crippen LogP contribution in [-0.2, 0) is 11.2 Å². The summed E-state index contributed by atoms with van der Waals surface area (Å²) in [5.41, 5.74) is 7.65. The van der Waals surface area contributed by atoms with Crippen molar-refractivity contribution < 1.29 is 4.79 Å². The van der Waals surface area contributed by atoms with Crippen molar-refractivity contribution >= 4 is 5.91 Å². The van der Waals surface area contributed by atoms with E-state index in [1.807, 2.05) is 13.8 Å². The van der Waals surface area contributed by atoms with Crippen molar-refractivity contribution in [1.29, 1.82) is 0 Å². The maximum atomic E-state index is 11.2. The van der Waals surface area contributed by atoms with Gasteiger partial charge in [-0.25, -0.2) is 0 Å². The summed E-state index contributed by atoms with van der Waals surface area (Å²) in [5.74, 6) is -0.0982. The minimum atomic E-state index is -0.207. The highest BCUT2D eigenvalue weighted by molar-refractivity contribution is 5.78. The van der Waals surface area contributed by atoms with Gasteiger partial charge in [-0.2, -0.15) is 0 Å². The molecule has 94 valence electrons. The Labute approximate surface area is 103 Å². The second-order valence-electron chi connectivity index (χ2n) is 5.12. The molecular formula is C14H22N2O. The largest absolute Gasteiger partial charge is 0.350 e. The van der Waals surface area contributed by atoms with Crippen LogP contribution in [0.25, 0.3) is 0 Å². The van der Waals surface area contributed by atoms with Crippen LogP contribution in [-0.4, -0.2) is 18.0 Å². The van der Waals surface area contributed by atoms with Gasteiger partial charge in [0.15, 0.2) is 0 Å². The predicted octanol–water partition coefficient (Wildman–Crippen LogP) is 1.78. The summed E-state index contributed by atoms with van der Waals surface area (Å²) in [7, 11) is 0. The third-order valence-electron chi connectivity index (χ3n) is 2.82. The Balaban J connectivity index is 2.49. The van der Waals surface area contributed by atoms with E-state index in [9.17, 15) is 4.79 Å². The fraction of sp³-hybridized carbons (Fsp3) is 0.500. The summed E-state index contributed by atoms with van der Waals surface area (Å²) in [5, 5.41) is 2.92. The summed E-state index contributed by atoms with van der Waals surface area (Å²) in [6.45, 7) is 6.17. The zero-order chi connectivity index (χ0) is 12.9. The number of nitrogens with two attached hydrogens (primary N) is 1. The number of aryl methyl sites for hydroxylation is 2. The number of carbonyl (C=O) groups is 1. The molecule has 1 aromatic rings. The highest BCUT2D eigenvalue weighted by atomic mass is 16.1. The molecular weight excluding hydrogens is 212 g/mol. The van der Waals surface area contributed by atoms with E-state index in [0.29, 0.717) is 0 Å². The third kappa shape index (κ3) is 5.00. The molecule has 0 aliphatic carbocycles. The van der Waals surface area contributed by atoms with Gasteiger partial charge in [0.25, 0.3) is 0 Å². The normalized spacial score (nSPS) is 11.3. The molecule has 0 aliphatic heterocycles. The van der Waals surface area contributed by atoms with Crippen LogP contribution in [0.3, 0.4) is 0 Å². The first-order valence-electron chi connectivity index (χ1n) is 5.99. The monoisotopic (exact) mass is 234 g/mol. The number of hydrogen-bond donors (Lipinski definition) is 2. The van der Waals surface area contributed by atoms with E-state index < -0.39 is 0 Å². The van der Waals surface area contributed by atoms with Gasteiger partial charge < -0.3 is 11.1 Å². The van der Waals surface area contributed by atoms with Gasteiger partial charge in [0.1, 0.15) is 0 Å². The molecule has 0 atom stereocenters. The molecule has 3 heteroatoms. The third-order valence-corrected chi connectivity index (χ3v) is 2.82. The average molecular weight is 234 g/mol. The molecule has 3 N–H and O–H groups in total. The lowest BCUT2D eigenvalue weighted by Gasteiger charge is -2.26. The topological polar surface area (TPSA) is 55.1 Å². The molecule has 0 saturated carbocycles. The van der Waals surface area contributed by atoms with Crippen molar-refractivity contribution in [3.05, 3.63) is 35.4 Å². The molecule has 17 heavy (non-hydrogen) atoms. The first-order valence-corrected chi connectivity index (χ1v) is 5.99. The molecule has 0 bridgehead atoms. The van der Waals surface area contributed by atoms with Crippen molar-refractivity contribution in [2.75, 3.05) is 6.54 Å². The van der Waals surface area contributed by atoms with Gasteiger partial charge in [0.2, 0.25) is 5.91 Å². The molecule has 0 aliphatic rings. The summed E-state index contributed by atoms with van der Waals surface area (Å²) < 4.78 is 0. The maximum absolute atomic E-state index is 11.2. The van der Waals surface area contributed by atoms with Crippen LogP contribution in [0.2, 0.25) is 0 Å². The van der Waals surface area contributed by atoms with E-state index in [0.717, 1.165) is 12.8 Å². The van der Waals surface area contributed by atoms with Crippen molar-refractivity contribution in [2.45, 2.75) is 39.2 Å². The molecule has 0 saturated heterocycles. The first kappa shape index (κ1) is 13.7. The van der Waals surface area contributed by atoms with E-state index in [-0.39, 0.29) is 18.0 Å². The Morgan fingerprint density at radius 1 is 1.29 bits per heavy atom. The lowest BCUT2D eigenvalue weighted by molar-refractivity contribution is -0.121. The van der Waals surface area contributed by atoms with Crippen molar-refractivity contribution in [3.63, 3.8) is 0 Å². The fourth-order valence-corrected chi connectivity index (χ4v) is 1.70. The zero-order valence-corrected chi connectivity index (χ0v) is 10.9.